The van der Waals surface area contributed by atoms with Crippen molar-refractivity contribution in [3.63, 3.8) is 0 Å². The number of halogens is 2. The number of esters is 1. The Balaban J connectivity index is 2.12. The lowest BCUT2D eigenvalue weighted by Crippen LogP contribution is -2.44. The van der Waals surface area contributed by atoms with Crippen LogP contribution in [0.2, 0.25) is 0 Å². The molecule has 1 heterocycles. The van der Waals surface area contributed by atoms with Crippen LogP contribution in [-0.2, 0) is 30.2 Å². The van der Waals surface area contributed by atoms with Gasteiger partial charge in [-0.1, -0.05) is 6.07 Å². The fourth-order valence-corrected chi connectivity index (χ4v) is 4.55. The summed E-state index contributed by atoms with van der Waals surface area (Å²) in [5.41, 5.74) is -1.32. The van der Waals surface area contributed by atoms with E-state index in [9.17, 15) is 9.35 Å². The molecule has 0 bridgehead atoms. The predicted molar refractivity (Wildman–Crippen MR) is 129 cm³/mol. The Morgan fingerprint density at radius 1 is 1.24 bits per heavy atom. The minimum Gasteiger partial charge on any atom is -0.598 e. The fourth-order valence-electron chi connectivity index (χ4n) is 3.74. The summed E-state index contributed by atoms with van der Waals surface area (Å²) in [6.07, 6.45) is 1.20. The molecule has 1 saturated carbocycles. The number of benzene rings is 1. The Morgan fingerprint density at radius 2 is 1.79 bits per heavy atom. The minimum atomic E-state index is -1.69. The number of nitrogens with one attached hydrogen (secondary N) is 1. The van der Waals surface area contributed by atoms with E-state index in [0.717, 1.165) is 12.8 Å². The Morgan fingerprint density at radius 3 is 2.26 bits per heavy atom. The van der Waals surface area contributed by atoms with Crippen LogP contribution in [0.4, 0.5) is 8.78 Å². The van der Waals surface area contributed by atoms with Crippen molar-refractivity contribution in [2.45, 2.75) is 103 Å². The van der Waals surface area contributed by atoms with Crippen molar-refractivity contribution in [2.75, 3.05) is 6.61 Å². The van der Waals surface area contributed by atoms with E-state index >= 15 is 8.78 Å². The zero-order valence-corrected chi connectivity index (χ0v) is 22.2. The first-order valence-electron chi connectivity index (χ1n) is 11.8. The number of hydrogen-bond donors (Lipinski definition) is 1. The smallest absolute Gasteiger partial charge is 0.497 e. The van der Waals surface area contributed by atoms with Gasteiger partial charge < -0.3 is 18.6 Å². The lowest BCUT2D eigenvalue weighted by Gasteiger charge is -2.32. The maximum absolute atomic E-state index is 16.1. The van der Waals surface area contributed by atoms with Gasteiger partial charge >= 0.3 is 13.1 Å². The molecule has 1 saturated heterocycles. The Kier molecular flexibility index (Phi) is 7.81. The Hall–Kier alpha value is -1.20. The van der Waals surface area contributed by atoms with Gasteiger partial charge in [0.25, 0.3) is 0 Å². The van der Waals surface area contributed by atoms with Gasteiger partial charge in [0.15, 0.2) is 0 Å². The number of rotatable bonds is 8. The topological polar surface area (TPSA) is 79.9 Å². The highest BCUT2D eigenvalue weighted by molar-refractivity contribution is 7.90. The Bertz CT molecular complexity index is 917. The van der Waals surface area contributed by atoms with Crippen LogP contribution in [0, 0.1) is 11.6 Å². The maximum atomic E-state index is 16.1. The molecule has 0 aromatic heterocycles. The van der Waals surface area contributed by atoms with Crippen molar-refractivity contribution < 1.29 is 32.2 Å². The first-order chi connectivity index (χ1) is 15.6. The van der Waals surface area contributed by atoms with Gasteiger partial charge in [-0.2, -0.15) is 0 Å². The average Bonchev–Trinajstić information content (AvgIpc) is 3.48. The van der Waals surface area contributed by atoms with E-state index in [1.807, 2.05) is 27.7 Å². The van der Waals surface area contributed by atoms with Gasteiger partial charge in [-0.05, 0) is 79.7 Å². The van der Waals surface area contributed by atoms with Gasteiger partial charge in [-0.3, -0.25) is 4.79 Å². The van der Waals surface area contributed by atoms with E-state index in [0.29, 0.717) is 5.56 Å². The normalized spacial score (nSPS) is 21.4. The summed E-state index contributed by atoms with van der Waals surface area (Å²) >= 11 is -1.69. The highest BCUT2D eigenvalue weighted by atomic mass is 32.2. The average molecular weight is 499 g/mol. The second kappa shape index (κ2) is 9.69. The molecule has 2 aliphatic rings. The summed E-state index contributed by atoms with van der Waals surface area (Å²) < 4.78 is 64.0. The molecule has 2 fully saturated rings. The van der Waals surface area contributed by atoms with Gasteiger partial charge in [0.1, 0.15) is 16.4 Å². The third-order valence-corrected chi connectivity index (χ3v) is 8.26. The van der Waals surface area contributed by atoms with E-state index in [1.54, 1.807) is 27.7 Å². The molecule has 3 rings (SSSR count). The van der Waals surface area contributed by atoms with Crippen LogP contribution in [-0.4, -0.2) is 40.2 Å². The third kappa shape index (κ3) is 5.62. The third-order valence-electron chi connectivity index (χ3n) is 6.65. The standard InChI is InChI=1S/C24H36BF2NO5S/c1-9-31-18(29)13-17(28-34(30)22(2,3)4)19-20(26)15(14-10-11-14)12-16(21(19)27)25-32-23(5,6)24(7,8)33-25/h12,14,17,28H,9-11,13H2,1-8H3/t17-,34+/m0/s1. The van der Waals surface area contributed by atoms with Crippen molar-refractivity contribution in [2.24, 2.45) is 0 Å². The van der Waals surface area contributed by atoms with E-state index in [1.165, 1.54) is 6.07 Å². The first-order valence-corrected chi connectivity index (χ1v) is 12.9. The molecule has 6 nitrogen and oxygen atoms in total. The van der Waals surface area contributed by atoms with Gasteiger partial charge in [0.05, 0.1) is 30.3 Å². The summed E-state index contributed by atoms with van der Waals surface area (Å²) in [7, 11) is -1.04. The highest BCUT2D eigenvalue weighted by Gasteiger charge is 2.53. The zero-order valence-electron chi connectivity index (χ0n) is 21.3. The molecular formula is C24H36BF2NO5S. The van der Waals surface area contributed by atoms with Crippen molar-refractivity contribution in [1.29, 1.82) is 0 Å². The minimum absolute atomic E-state index is 0.0446. The molecule has 2 atom stereocenters. The fraction of sp³-hybridized carbons (Fsp3) is 0.708. The van der Waals surface area contributed by atoms with Crippen molar-refractivity contribution in [3.8, 4) is 0 Å². The molecule has 0 amide bonds. The van der Waals surface area contributed by atoms with Crippen LogP contribution < -0.4 is 10.2 Å². The predicted octanol–water partition coefficient (Wildman–Crippen LogP) is 4.19. The molecule has 1 aromatic carbocycles. The van der Waals surface area contributed by atoms with Crippen LogP contribution in [0.1, 0.15) is 97.7 Å². The highest BCUT2D eigenvalue weighted by Crippen LogP contribution is 2.44. The molecule has 34 heavy (non-hydrogen) atoms. The second-order valence-corrected chi connectivity index (χ2v) is 13.0. The van der Waals surface area contributed by atoms with Crippen LogP contribution in [0.3, 0.4) is 0 Å². The van der Waals surface area contributed by atoms with Crippen LogP contribution >= 0.6 is 0 Å². The van der Waals surface area contributed by atoms with Crippen molar-refractivity contribution >= 4 is 29.9 Å². The molecule has 1 aliphatic heterocycles. The molecular weight excluding hydrogens is 463 g/mol. The number of hydrogen-bond acceptors (Lipinski definition) is 6. The van der Waals surface area contributed by atoms with Crippen molar-refractivity contribution in [3.05, 3.63) is 28.8 Å². The number of carbonyl (C=O) groups is 1. The van der Waals surface area contributed by atoms with Gasteiger partial charge in [-0.15, -0.1) is 4.72 Å². The van der Waals surface area contributed by atoms with Gasteiger partial charge in [0, 0.05) is 22.4 Å². The summed E-state index contributed by atoms with van der Waals surface area (Å²) in [6.45, 7) is 14.4. The SMILES string of the molecule is CCOC(=O)C[C@H](N[S@+]([O-])C(C)(C)C)c1c(F)c(B2OC(C)(C)C(C)(C)O2)cc(C2CC2)c1F. The van der Waals surface area contributed by atoms with Gasteiger partial charge in [-0.25, -0.2) is 8.78 Å². The first kappa shape index (κ1) is 27.4. The summed E-state index contributed by atoms with van der Waals surface area (Å²) in [6, 6.07) is 0.287. The zero-order chi connectivity index (χ0) is 25.6. The van der Waals surface area contributed by atoms with Crippen LogP contribution in [0.25, 0.3) is 0 Å². The van der Waals surface area contributed by atoms with Crippen LogP contribution in [0.15, 0.2) is 6.07 Å². The molecule has 190 valence electrons. The summed E-state index contributed by atoms with van der Waals surface area (Å²) in [4.78, 5) is 12.4. The summed E-state index contributed by atoms with van der Waals surface area (Å²) in [5, 5.41) is 0. The largest absolute Gasteiger partial charge is 0.598 e. The molecule has 10 heteroatoms. The number of carbonyl (C=O) groups excluding carboxylic acids is 1. The Labute approximate surface area is 204 Å². The molecule has 1 aliphatic carbocycles. The molecule has 0 unspecified atom stereocenters. The van der Waals surface area contributed by atoms with E-state index in [-0.39, 0.29) is 30.0 Å². The van der Waals surface area contributed by atoms with Gasteiger partial charge in [0.2, 0.25) is 0 Å². The molecule has 0 spiro atoms. The second-order valence-electron chi connectivity index (χ2n) is 11.0. The number of ether oxygens (including phenoxy) is 1. The lowest BCUT2D eigenvalue weighted by molar-refractivity contribution is -0.143. The van der Waals surface area contributed by atoms with Crippen LogP contribution in [0.5, 0.6) is 0 Å². The van der Waals surface area contributed by atoms with E-state index < -0.39 is 58.1 Å². The molecule has 0 radical (unpaired) electrons. The maximum Gasteiger partial charge on any atom is 0.497 e. The van der Waals surface area contributed by atoms with Crippen molar-refractivity contribution in [1.82, 2.24) is 4.72 Å². The molecule has 1 aromatic rings. The lowest BCUT2D eigenvalue weighted by atomic mass is 9.75. The van der Waals surface area contributed by atoms with E-state index in [4.69, 9.17) is 14.0 Å². The van der Waals surface area contributed by atoms with E-state index in [2.05, 4.69) is 4.72 Å². The summed E-state index contributed by atoms with van der Waals surface area (Å²) in [5.74, 6) is -2.28. The monoisotopic (exact) mass is 499 g/mol. The quantitative estimate of drug-likeness (QED) is 0.328. The molecule has 1 N–H and O–H groups in total.